The molecule has 0 aromatic carbocycles. The van der Waals surface area contributed by atoms with E-state index < -0.39 is 0 Å². The normalized spacial score (nSPS) is 21.2. The summed E-state index contributed by atoms with van der Waals surface area (Å²) in [4.78, 5) is 7.41. The molecule has 0 aliphatic carbocycles. The number of nitrogens with zero attached hydrogens (tertiary/aromatic N) is 1. The number of fused-ring (bicyclic) bond motifs is 1. The number of H-pyrrole nitrogens is 1. The molecule has 4 nitrogen and oxygen atoms in total. The number of halogens is 1. The SMILES string of the molecule is CC1(C)OB(c2c[nH]c3cnc(Br)cc23)OC1(C)C. The molecule has 0 bridgehead atoms. The van der Waals surface area contributed by atoms with Crippen LogP contribution in [-0.4, -0.2) is 28.3 Å². The lowest BCUT2D eigenvalue weighted by atomic mass is 9.79. The van der Waals surface area contributed by atoms with Gasteiger partial charge in [0.2, 0.25) is 0 Å². The van der Waals surface area contributed by atoms with Crippen molar-refractivity contribution >= 4 is 39.4 Å². The molecule has 2 aromatic rings. The van der Waals surface area contributed by atoms with Crippen LogP contribution in [-0.2, 0) is 9.31 Å². The van der Waals surface area contributed by atoms with Crippen LogP contribution >= 0.6 is 15.9 Å². The van der Waals surface area contributed by atoms with E-state index in [1.807, 2.05) is 12.3 Å². The smallest absolute Gasteiger partial charge is 0.399 e. The fourth-order valence-corrected chi connectivity index (χ4v) is 2.51. The highest BCUT2D eigenvalue weighted by atomic mass is 79.9. The predicted molar refractivity (Wildman–Crippen MR) is 79.5 cm³/mol. The van der Waals surface area contributed by atoms with Gasteiger partial charge < -0.3 is 14.3 Å². The minimum atomic E-state index is -0.354. The second kappa shape index (κ2) is 4.07. The molecule has 3 rings (SSSR count). The van der Waals surface area contributed by atoms with Crippen LogP contribution in [0.3, 0.4) is 0 Å². The maximum atomic E-state index is 6.08. The molecule has 6 heteroatoms. The van der Waals surface area contributed by atoms with E-state index in [2.05, 4.69) is 53.6 Å². The van der Waals surface area contributed by atoms with Gasteiger partial charge in [0.15, 0.2) is 0 Å². The molecule has 19 heavy (non-hydrogen) atoms. The molecule has 1 N–H and O–H groups in total. The van der Waals surface area contributed by atoms with E-state index in [1.165, 1.54) is 0 Å². The standard InChI is InChI=1S/C13H16BBrN2O2/c1-12(2)13(3,4)19-14(18-12)9-6-16-10-7-17-11(15)5-8(9)10/h5-7,16H,1-4H3. The highest BCUT2D eigenvalue weighted by Gasteiger charge is 2.52. The van der Waals surface area contributed by atoms with Gasteiger partial charge in [-0.05, 0) is 49.7 Å². The minimum absolute atomic E-state index is 0.328. The molecule has 0 radical (unpaired) electrons. The molecule has 1 aliphatic heterocycles. The van der Waals surface area contributed by atoms with Crippen LogP contribution in [0.2, 0.25) is 0 Å². The van der Waals surface area contributed by atoms with Crippen molar-refractivity contribution in [1.82, 2.24) is 9.97 Å². The van der Waals surface area contributed by atoms with Crippen LogP contribution in [0.5, 0.6) is 0 Å². The molecule has 1 saturated heterocycles. The molecule has 0 amide bonds. The van der Waals surface area contributed by atoms with Gasteiger partial charge in [-0.2, -0.15) is 0 Å². The van der Waals surface area contributed by atoms with Crippen LogP contribution < -0.4 is 5.46 Å². The van der Waals surface area contributed by atoms with E-state index in [0.717, 1.165) is 21.0 Å². The maximum Gasteiger partial charge on any atom is 0.497 e. The lowest BCUT2D eigenvalue weighted by Gasteiger charge is -2.32. The lowest BCUT2D eigenvalue weighted by Crippen LogP contribution is -2.41. The Morgan fingerprint density at radius 1 is 1.21 bits per heavy atom. The van der Waals surface area contributed by atoms with Crippen LogP contribution in [0.4, 0.5) is 0 Å². The third kappa shape index (κ3) is 2.02. The Kier molecular flexibility index (Phi) is 2.82. The molecule has 1 aliphatic rings. The van der Waals surface area contributed by atoms with Crippen molar-refractivity contribution in [3.8, 4) is 0 Å². The van der Waals surface area contributed by atoms with Crippen molar-refractivity contribution in [3.05, 3.63) is 23.1 Å². The zero-order valence-corrected chi connectivity index (χ0v) is 13.0. The van der Waals surface area contributed by atoms with Gasteiger partial charge in [-0.3, -0.25) is 0 Å². The molecule has 2 aromatic heterocycles. The summed E-state index contributed by atoms with van der Waals surface area (Å²) < 4.78 is 13.0. The van der Waals surface area contributed by atoms with Gasteiger partial charge in [0.1, 0.15) is 4.60 Å². The zero-order valence-electron chi connectivity index (χ0n) is 11.5. The fraction of sp³-hybridized carbons (Fsp3) is 0.462. The third-order valence-electron chi connectivity index (χ3n) is 4.07. The Hall–Kier alpha value is -0.845. The summed E-state index contributed by atoms with van der Waals surface area (Å²) in [5, 5.41) is 1.07. The van der Waals surface area contributed by atoms with Crippen molar-refractivity contribution < 1.29 is 9.31 Å². The first-order valence-corrected chi connectivity index (χ1v) is 7.08. The Balaban J connectivity index is 2.05. The Morgan fingerprint density at radius 2 is 1.84 bits per heavy atom. The first-order chi connectivity index (χ1) is 8.80. The maximum absolute atomic E-state index is 6.08. The predicted octanol–water partition coefficient (Wildman–Crippen LogP) is 2.62. The molecule has 0 saturated carbocycles. The van der Waals surface area contributed by atoms with Crippen molar-refractivity contribution in [2.24, 2.45) is 0 Å². The summed E-state index contributed by atoms with van der Waals surface area (Å²) in [7, 11) is -0.354. The van der Waals surface area contributed by atoms with Crippen molar-refractivity contribution in [1.29, 1.82) is 0 Å². The number of rotatable bonds is 1. The average molecular weight is 323 g/mol. The van der Waals surface area contributed by atoms with E-state index in [4.69, 9.17) is 9.31 Å². The molecular formula is C13H16BBrN2O2. The van der Waals surface area contributed by atoms with Gasteiger partial charge >= 0.3 is 7.12 Å². The molecule has 0 unspecified atom stereocenters. The highest BCUT2D eigenvalue weighted by molar-refractivity contribution is 9.10. The van der Waals surface area contributed by atoms with E-state index in [-0.39, 0.29) is 18.3 Å². The number of pyridine rings is 1. The Morgan fingerprint density at radius 3 is 2.47 bits per heavy atom. The minimum Gasteiger partial charge on any atom is -0.399 e. The quantitative estimate of drug-likeness (QED) is 0.648. The van der Waals surface area contributed by atoms with Crippen LogP contribution in [0.15, 0.2) is 23.1 Å². The van der Waals surface area contributed by atoms with Crippen LogP contribution in [0.25, 0.3) is 10.9 Å². The third-order valence-corrected chi connectivity index (χ3v) is 4.51. The number of hydrogen-bond acceptors (Lipinski definition) is 3. The van der Waals surface area contributed by atoms with E-state index in [9.17, 15) is 0 Å². The molecule has 0 spiro atoms. The van der Waals surface area contributed by atoms with Gasteiger partial charge in [0.05, 0.1) is 22.9 Å². The largest absolute Gasteiger partial charge is 0.497 e. The van der Waals surface area contributed by atoms with Gasteiger partial charge in [-0.1, -0.05) is 0 Å². The van der Waals surface area contributed by atoms with E-state index in [0.29, 0.717) is 0 Å². The number of aromatic nitrogens is 2. The topological polar surface area (TPSA) is 47.1 Å². The van der Waals surface area contributed by atoms with Gasteiger partial charge in [0.25, 0.3) is 0 Å². The van der Waals surface area contributed by atoms with Crippen LogP contribution in [0.1, 0.15) is 27.7 Å². The van der Waals surface area contributed by atoms with Gasteiger partial charge in [0, 0.05) is 17.0 Å². The summed E-state index contributed by atoms with van der Waals surface area (Å²) >= 11 is 3.40. The first-order valence-electron chi connectivity index (χ1n) is 6.28. The second-order valence-corrected chi connectivity index (χ2v) is 6.70. The van der Waals surface area contributed by atoms with Crippen LogP contribution in [0, 0.1) is 0 Å². The molecule has 0 atom stereocenters. The lowest BCUT2D eigenvalue weighted by molar-refractivity contribution is 0.00578. The molecule has 100 valence electrons. The van der Waals surface area contributed by atoms with Crippen molar-refractivity contribution in [2.75, 3.05) is 0 Å². The number of hydrogen-bond donors (Lipinski definition) is 1. The van der Waals surface area contributed by atoms with Crippen molar-refractivity contribution in [2.45, 2.75) is 38.9 Å². The average Bonchev–Trinajstić information content (AvgIpc) is 2.77. The molecule has 1 fully saturated rings. The summed E-state index contributed by atoms with van der Waals surface area (Å²) in [5.74, 6) is 0. The summed E-state index contributed by atoms with van der Waals surface area (Å²) in [6.45, 7) is 8.22. The van der Waals surface area contributed by atoms with Gasteiger partial charge in [-0.15, -0.1) is 0 Å². The summed E-state index contributed by atoms with van der Waals surface area (Å²) in [6, 6.07) is 1.98. The molecular weight excluding hydrogens is 307 g/mol. The van der Waals surface area contributed by atoms with E-state index >= 15 is 0 Å². The Labute approximate surface area is 121 Å². The molecule has 3 heterocycles. The van der Waals surface area contributed by atoms with Crippen molar-refractivity contribution in [3.63, 3.8) is 0 Å². The zero-order chi connectivity index (χ0) is 13.8. The first kappa shape index (κ1) is 13.2. The van der Waals surface area contributed by atoms with Gasteiger partial charge in [-0.25, -0.2) is 4.98 Å². The second-order valence-electron chi connectivity index (χ2n) is 5.88. The Bertz CT molecular complexity index is 623. The fourth-order valence-electron chi connectivity index (χ4n) is 2.18. The summed E-state index contributed by atoms with van der Waals surface area (Å²) in [5.41, 5.74) is 1.33. The monoisotopic (exact) mass is 322 g/mol. The van der Waals surface area contributed by atoms with E-state index in [1.54, 1.807) is 6.20 Å². The number of nitrogens with one attached hydrogen (secondary N) is 1. The number of aromatic amines is 1. The summed E-state index contributed by atoms with van der Waals surface area (Å²) in [6.07, 6.45) is 3.73. The highest BCUT2D eigenvalue weighted by Crippen LogP contribution is 2.37.